The van der Waals surface area contributed by atoms with Crippen molar-refractivity contribution in [2.45, 2.75) is 25.7 Å². The summed E-state index contributed by atoms with van der Waals surface area (Å²) in [6.07, 6.45) is 4.68. The van der Waals surface area contributed by atoms with Crippen molar-refractivity contribution in [3.05, 3.63) is 71.8 Å². The number of hydrogen-bond donors (Lipinski definition) is 0. The highest BCUT2D eigenvalue weighted by Crippen LogP contribution is 2.17. The van der Waals surface area contributed by atoms with E-state index in [1.165, 1.54) is 24.0 Å². The van der Waals surface area contributed by atoms with E-state index < -0.39 is 0 Å². The fraction of sp³-hybridized carbons (Fsp3) is 0.368. The van der Waals surface area contributed by atoms with Gasteiger partial charge in [-0.05, 0) is 42.7 Å². The highest BCUT2D eigenvalue weighted by Gasteiger charge is 2.10. The maximum atomic E-state index is 5.80. The average Bonchev–Trinajstić information content (AvgIpc) is 2.59. The maximum absolute atomic E-state index is 5.80. The number of rotatable bonds is 10. The summed E-state index contributed by atoms with van der Waals surface area (Å²) in [6, 6.07) is 21.5. The molecule has 0 spiro atoms. The van der Waals surface area contributed by atoms with Gasteiger partial charge < -0.3 is 4.43 Å². The Hall–Kier alpha value is -0.903. The molecule has 0 N–H and O–H groups in total. The second-order valence-electron chi connectivity index (χ2n) is 5.50. The van der Waals surface area contributed by atoms with E-state index in [9.17, 15) is 0 Å². The SMILES string of the molecule is BrC[Si]OCC(CCc1ccccc1)CCc1ccccc1. The molecule has 0 bridgehead atoms. The van der Waals surface area contributed by atoms with Gasteiger partial charge in [0, 0.05) is 11.6 Å². The van der Waals surface area contributed by atoms with Crippen LogP contribution in [0.4, 0.5) is 0 Å². The normalized spacial score (nSPS) is 11.0. The molecule has 2 aromatic rings. The highest BCUT2D eigenvalue weighted by atomic mass is 79.9. The summed E-state index contributed by atoms with van der Waals surface area (Å²) >= 11 is 3.44. The summed E-state index contributed by atoms with van der Waals surface area (Å²) in [6.45, 7) is 0.879. The Morgan fingerprint density at radius 2 is 1.32 bits per heavy atom. The first kappa shape index (κ1) is 17.5. The summed E-state index contributed by atoms with van der Waals surface area (Å²) in [7, 11) is 0.566. The van der Waals surface area contributed by atoms with Gasteiger partial charge in [0.15, 0.2) is 0 Å². The molecule has 1 nitrogen and oxygen atoms in total. The predicted molar refractivity (Wildman–Crippen MR) is 98.5 cm³/mol. The molecule has 0 aromatic heterocycles. The zero-order valence-electron chi connectivity index (χ0n) is 12.9. The van der Waals surface area contributed by atoms with Crippen LogP contribution in [0.1, 0.15) is 24.0 Å². The van der Waals surface area contributed by atoms with Crippen molar-refractivity contribution in [3.63, 3.8) is 0 Å². The number of hydrogen-bond acceptors (Lipinski definition) is 1. The molecule has 0 aliphatic heterocycles. The molecule has 0 fully saturated rings. The Bertz CT molecular complexity index is 460. The largest absolute Gasteiger partial charge is 0.416 e. The van der Waals surface area contributed by atoms with Crippen molar-refractivity contribution in [3.8, 4) is 0 Å². The molecule has 0 heterocycles. The third kappa shape index (κ3) is 6.90. The van der Waals surface area contributed by atoms with Crippen LogP contribution in [0.15, 0.2) is 60.7 Å². The van der Waals surface area contributed by atoms with E-state index in [0.29, 0.717) is 15.7 Å². The molecule has 0 atom stereocenters. The van der Waals surface area contributed by atoms with Crippen LogP contribution in [0.3, 0.4) is 0 Å². The van der Waals surface area contributed by atoms with Gasteiger partial charge in [-0.3, -0.25) is 0 Å². The van der Waals surface area contributed by atoms with E-state index in [-0.39, 0.29) is 0 Å². The van der Waals surface area contributed by atoms with Crippen molar-refractivity contribution < 1.29 is 4.43 Å². The van der Waals surface area contributed by atoms with Gasteiger partial charge in [0.1, 0.15) is 0 Å². The van der Waals surface area contributed by atoms with E-state index in [1.54, 1.807) is 0 Å². The van der Waals surface area contributed by atoms with Gasteiger partial charge in [-0.15, -0.1) is 0 Å². The Morgan fingerprint density at radius 3 is 1.77 bits per heavy atom. The van der Waals surface area contributed by atoms with Crippen LogP contribution in [-0.2, 0) is 17.3 Å². The predicted octanol–water partition coefficient (Wildman–Crippen LogP) is 4.86. The van der Waals surface area contributed by atoms with Gasteiger partial charge in [-0.1, -0.05) is 76.6 Å². The lowest BCUT2D eigenvalue weighted by molar-refractivity contribution is 0.243. The summed E-state index contributed by atoms with van der Waals surface area (Å²) in [4.78, 5) is 0.942. The molecule has 0 saturated heterocycles. The van der Waals surface area contributed by atoms with Gasteiger partial charge in [0.25, 0.3) is 0 Å². The second-order valence-corrected chi connectivity index (χ2v) is 8.03. The number of alkyl halides is 1. The minimum Gasteiger partial charge on any atom is -0.416 e. The third-order valence-electron chi connectivity index (χ3n) is 3.84. The van der Waals surface area contributed by atoms with E-state index >= 15 is 0 Å². The first-order chi connectivity index (χ1) is 10.9. The van der Waals surface area contributed by atoms with Crippen molar-refractivity contribution in [1.29, 1.82) is 0 Å². The number of aryl methyl sites for hydroxylation is 2. The zero-order valence-corrected chi connectivity index (χ0v) is 15.5. The lowest BCUT2D eigenvalue weighted by atomic mass is 9.94. The Balaban J connectivity index is 1.82. The first-order valence-electron chi connectivity index (χ1n) is 7.87. The molecule has 3 heteroatoms. The zero-order chi connectivity index (χ0) is 15.5. The van der Waals surface area contributed by atoms with Crippen LogP contribution < -0.4 is 0 Å². The third-order valence-corrected chi connectivity index (χ3v) is 5.01. The molecule has 2 rings (SSSR count). The standard InChI is InChI=1S/C19H23BrOSi/c20-16-22-21-15-19(13-11-17-7-3-1-4-8-17)14-12-18-9-5-2-6-10-18/h1-10,19H,11-16H2. The van der Waals surface area contributed by atoms with Crippen LogP contribution in [0.5, 0.6) is 0 Å². The van der Waals surface area contributed by atoms with Crippen LogP contribution >= 0.6 is 15.9 Å². The Kier molecular flexibility index (Phi) is 8.54. The fourth-order valence-corrected chi connectivity index (χ4v) is 3.47. The monoisotopic (exact) mass is 374 g/mol. The number of halogens is 1. The molecule has 2 aromatic carbocycles. The van der Waals surface area contributed by atoms with E-state index in [0.717, 1.165) is 24.4 Å². The topological polar surface area (TPSA) is 9.23 Å². The summed E-state index contributed by atoms with van der Waals surface area (Å²) < 4.78 is 5.80. The van der Waals surface area contributed by atoms with Crippen LogP contribution in [0, 0.1) is 5.92 Å². The molecule has 0 amide bonds. The van der Waals surface area contributed by atoms with Crippen molar-refractivity contribution in [2.24, 2.45) is 5.92 Å². The minimum atomic E-state index is 0.566. The van der Waals surface area contributed by atoms with E-state index in [4.69, 9.17) is 4.43 Å². The molecule has 0 aliphatic carbocycles. The molecule has 116 valence electrons. The van der Waals surface area contributed by atoms with Gasteiger partial charge in [0.2, 0.25) is 9.76 Å². The lowest BCUT2D eigenvalue weighted by Crippen LogP contribution is -2.14. The molecule has 0 unspecified atom stereocenters. The summed E-state index contributed by atoms with van der Waals surface area (Å²) in [5, 5.41) is 0. The fourth-order valence-electron chi connectivity index (χ4n) is 2.56. The van der Waals surface area contributed by atoms with Gasteiger partial charge in [-0.25, -0.2) is 0 Å². The van der Waals surface area contributed by atoms with Crippen LogP contribution in [0.2, 0.25) is 0 Å². The maximum Gasteiger partial charge on any atom is 0.241 e. The van der Waals surface area contributed by atoms with E-state index in [2.05, 4.69) is 76.6 Å². The Morgan fingerprint density at radius 1 is 0.818 bits per heavy atom. The van der Waals surface area contributed by atoms with Gasteiger partial charge in [-0.2, -0.15) is 0 Å². The van der Waals surface area contributed by atoms with Crippen molar-refractivity contribution in [1.82, 2.24) is 0 Å². The molecule has 2 radical (unpaired) electrons. The molecule has 0 saturated carbocycles. The first-order valence-corrected chi connectivity index (χ1v) is 10.1. The summed E-state index contributed by atoms with van der Waals surface area (Å²) in [5.74, 6) is 0.631. The minimum absolute atomic E-state index is 0.566. The lowest BCUT2D eigenvalue weighted by Gasteiger charge is -2.17. The van der Waals surface area contributed by atoms with E-state index in [1.807, 2.05) is 0 Å². The smallest absolute Gasteiger partial charge is 0.241 e. The molecule has 22 heavy (non-hydrogen) atoms. The highest BCUT2D eigenvalue weighted by molar-refractivity contribution is 9.09. The van der Waals surface area contributed by atoms with Crippen LogP contribution in [-0.4, -0.2) is 21.3 Å². The second kappa shape index (κ2) is 10.8. The molecular formula is C19H23BrOSi. The Labute approximate surface area is 145 Å². The van der Waals surface area contributed by atoms with Crippen molar-refractivity contribution >= 4 is 25.7 Å². The van der Waals surface area contributed by atoms with Gasteiger partial charge in [0.05, 0.1) is 0 Å². The molecular weight excluding hydrogens is 352 g/mol. The average molecular weight is 375 g/mol. The summed E-state index contributed by atoms with van der Waals surface area (Å²) in [5.41, 5.74) is 2.85. The van der Waals surface area contributed by atoms with Crippen molar-refractivity contribution in [2.75, 3.05) is 11.6 Å². The molecule has 0 aliphatic rings. The van der Waals surface area contributed by atoms with Gasteiger partial charge >= 0.3 is 0 Å². The number of benzene rings is 2. The quantitative estimate of drug-likeness (QED) is 0.328. The van der Waals surface area contributed by atoms with Crippen LogP contribution in [0.25, 0.3) is 0 Å².